The molecule has 0 spiro atoms. The lowest BCUT2D eigenvalue weighted by Gasteiger charge is -2.47. The fraction of sp³-hybridized carbons (Fsp3) is 0.400. The van der Waals surface area contributed by atoms with Crippen LogP contribution in [0.4, 0.5) is 11.4 Å². The summed E-state index contributed by atoms with van der Waals surface area (Å²) in [7, 11) is 0. The first-order valence-electron chi connectivity index (χ1n) is 13.2. The number of anilines is 2. The van der Waals surface area contributed by atoms with Crippen LogP contribution in [-0.2, 0) is 10.3 Å². The van der Waals surface area contributed by atoms with Crippen molar-refractivity contribution >= 4 is 23.2 Å². The molecule has 2 aliphatic heterocycles. The van der Waals surface area contributed by atoms with Crippen molar-refractivity contribution in [3.05, 3.63) is 84.0 Å². The Morgan fingerprint density at radius 1 is 1.19 bits per heavy atom. The van der Waals surface area contributed by atoms with Crippen LogP contribution in [0.5, 0.6) is 0 Å². The summed E-state index contributed by atoms with van der Waals surface area (Å²) in [5.74, 6) is 1.24. The van der Waals surface area contributed by atoms with Crippen LogP contribution in [0.25, 0.3) is 0 Å². The summed E-state index contributed by atoms with van der Waals surface area (Å²) in [6.07, 6.45) is 8.60. The number of hydrogen-bond donors (Lipinski definition) is 3. The third-order valence-electron chi connectivity index (χ3n) is 8.01. The van der Waals surface area contributed by atoms with Crippen molar-refractivity contribution in [3.63, 3.8) is 0 Å². The van der Waals surface area contributed by atoms with E-state index in [2.05, 4.69) is 29.5 Å². The number of carbonyl (C=O) groups excluding carboxylic acids is 2. The monoisotopic (exact) mass is 499 g/mol. The molecule has 0 bridgehead atoms. The average Bonchev–Trinajstić information content (AvgIpc) is 3.40. The second-order valence-electron chi connectivity index (χ2n) is 10.9. The fourth-order valence-corrected chi connectivity index (χ4v) is 6.10. The van der Waals surface area contributed by atoms with E-state index in [4.69, 9.17) is 0 Å². The molecular formula is C30H37N5O2. The minimum Gasteiger partial charge on any atom is -0.372 e. The van der Waals surface area contributed by atoms with E-state index in [1.165, 1.54) is 6.42 Å². The zero-order chi connectivity index (χ0) is 26.2. The molecule has 2 amide bonds. The Balaban J connectivity index is 1.34. The summed E-state index contributed by atoms with van der Waals surface area (Å²) in [6.45, 7) is 11.2. The smallest absolute Gasteiger partial charge is 0.255 e. The molecular weight excluding hydrogens is 462 g/mol. The van der Waals surface area contributed by atoms with Gasteiger partial charge in [-0.05, 0) is 68.0 Å². The second kappa shape index (κ2) is 9.96. The van der Waals surface area contributed by atoms with Gasteiger partial charge in [0.15, 0.2) is 0 Å². The van der Waals surface area contributed by atoms with Gasteiger partial charge in [0.25, 0.3) is 5.91 Å². The number of nitrogens with zero attached hydrogens (tertiary/aromatic N) is 2. The Morgan fingerprint density at radius 2 is 2.00 bits per heavy atom. The summed E-state index contributed by atoms with van der Waals surface area (Å²) in [5, 5.41) is 9.81. The molecule has 194 valence electrons. The maximum atomic E-state index is 13.4. The van der Waals surface area contributed by atoms with E-state index in [1.807, 2.05) is 78.5 Å². The molecule has 2 fully saturated rings. The number of nitrogens with one attached hydrogen (secondary N) is 3. The molecule has 7 nitrogen and oxygen atoms in total. The zero-order valence-corrected chi connectivity index (χ0v) is 22.0. The molecule has 0 aromatic heterocycles. The first kappa shape index (κ1) is 24.9. The molecule has 2 heterocycles. The Morgan fingerprint density at radius 3 is 2.73 bits per heavy atom. The van der Waals surface area contributed by atoms with Crippen molar-refractivity contribution < 1.29 is 9.59 Å². The van der Waals surface area contributed by atoms with Gasteiger partial charge >= 0.3 is 0 Å². The van der Waals surface area contributed by atoms with Crippen molar-refractivity contribution in [2.45, 2.75) is 64.5 Å². The van der Waals surface area contributed by atoms with Crippen molar-refractivity contribution in [1.29, 1.82) is 0 Å². The Bertz CT molecular complexity index is 1230. The van der Waals surface area contributed by atoms with Crippen LogP contribution >= 0.6 is 0 Å². The van der Waals surface area contributed by atoms with Gasteiger partial charge in [0.2, 0.25) is 5.91 Å². The fourth-order valence-electron chi connectivity index (χ4n) is 6.10. The van der Waals surface area contributed by atoms with Crippen LogP contribution in [0.3, 0.4) is 0 Å². The Hall–Kier alpha value is -3.74. The molecule has 3 aliphatic rings. The van der Waals surface area contributed by atoms with E-state index in [1.54, 1.807) is 0 Å². The largest absolute Gasteiger partial charge is 0.372 e. The highest BCUT2D eigenvalue weighted by atomic mass is 16.2. The van der Waals surface area contributed by atoms with Gasteiger partial charge in [-0.1, -0.05) is 44.5 Å². The van der Waals surface area contributed by atoms with Gasteiger partial charge in [-0.15, -0.1) is 0 Å². The molecule has 7 heteroatoms. The van der Waals surface area contributed by atoms with Gasteiger partial charge in [-0.25, -0.2) is 0 Å². The standard InChI is InChI=1S/C30H37N5O2/c1-20-8-5-11-25(16-20)35-22(3)33-30(4,18-28(35)36)26-12-7-13-27(21(26)2)32-29(37)23-9-6-10-24(17-23)34-15-14-31-19-34/h6-7,9-10,12-15,17,20,25,31,33H,3,5,8,11,16,18-19H2,1-2,4H3,(H,32,37)/t20?,25-,30?/m1/s1. The summed E-state index contributed by atoms with van der Waals surface area (Å²) >= 11 is 0. The third-order valence-corrected chi connectivity index (χ3v) is 8.01. The summed E-state index contributed by atoms with van der Waals surface area (Å²) < 4.78 is 0. The summed E-state index contributed by atoms with van der Waals surface area (Å²) in [4.78, 5) is 30.6. The van der Waals surface area contributed by atoms with Crippen LogP contribution in [0.2, 0.25) is 0 Å². The molecule has 37 heavy (non-hydrogen) atoms. The highest BCUT2D eigenvalue weighted by molar-refractivity contribution is 6.05. The summed E-state index contributed by atoms with van der Waals surface area (Å²) in [5.41, 5.74) is 3.59. The number of carbonyl (C=O) groups is 2. The van der Waals surface area contributed by atoms with Crippen LogP contribution in [0, 0.1) is 12.8 Å². The Kier molecular flexibility index (Phi) is 6.71. The average molecular weight is 500 g/mol. The molecule has 0 radical (unpaired) electrons. The van der Waals surface area contributed by atoms with Gasteiger partial charge in [0.05, 0.1) is 18.6 Å². The van der Waals surface area contributed by atoms with Crippen molar-refractivity contribution in [3.8, 4) is 0 Å². The van der Waals surface area contributed by atoms with Gasteiger partial charge in [0.1, 0.15) is 5.82 Å². The zero-order valence-electron chi connectivity index (χ0n) is 22.0. The maximum Gasteiger partial charge on any atom is 0.255 e. The van der Waals surface area contributed by atoms with Gasteiger partial charge in [0, 0.05) is 35.4 Å². The second-order valence-corrected chi connectivity index (χ2v) is 10.9. The maximum absolute atomic E-state index is 13.4. The Labute approximate surface area is 219 Å². The van der Waals surface area contributed by atoms with E-state index >= 15 is 0 Å². The van der Waals surface area contributed by atoms with E-state index in [0.717, 1.165) is 41.8 Å². The van der Waals surface area contributed by atoms with Crippen molar-refractivity contribution in [2.75, 3.05) is 16.9 Å². The molecule has 1 saturated heterocycles. The number of hydrogen-bond acceptors (Lipinski definition) is 5. The van der Waals surface area contributed by atoms with E-state index in [0.29, 0.717) is 30.4 Å². The lowest BCUT2D eigenvalue weighted by Crippen LogP contribution is -2.57. The van der Waals surface area contributed by atoms with Gasteiger partial charge in [-0.2, -0.15) is 0 Å². The molecule has 1 aliphatic carbocycles. The van der Waals surface area contributed by atoms with Crippen LogP contribution in [0.1, 0.15) is 67.4 Å². The minimum absolute atomic E-state index is 0.112. The van der Waals surface area contributed by atoms with E-state index < -0.39 is 5.54 Å². The molecule has 3 N–H and O–H groups in total. The van der Waals surface area contributed by atoms with Gasteiger partial charge in [-0.3, -0.25) is 14.5 Å². The minimum atomic E-state index is -0.606. The highest BCUT2D eigenvalue weighted by Crippen LogP contribution is 2.38. The predicted octanol–water partition coefficient (Wildman–Crippen LogP) is 5.17. The number of benzene rings is 2. The number of amides is 2. The topological polar surface area (TPSA) is 76.7 Å². The number of rotatable bonds is 5. The first-order valence-corrected chi connectivity index (χ1v) is 13.2. The molecule has 2 unspecified atom stereocenters. The molecule has 2 aromatic carbocycles. The van der Waals surface area contributed by atoms with E-state index in [9.17, 15) is 9.59 Å². The van der Waals surface area contributed by atoms with Crippen LogP contribution in [-0.4, -0.2) is 29.4 Å². The normalized spacial score (nSPS) is 25.6. The molecule has 2 aromatic rings. The third kappa shape index (κ3) is 4.95. The van der Waals surface area contributed by atoms with Gasteiger partial charge < -0.3 is 20.9 Å². The van der Waals surface area contributed by atoms with E-state index in [-0.39, 0.29) is 17.9 Å². The molecule has 5 rings (SSSR count). The summed E-state index contributed by atoms with van der Waals surface area (Å²) in [6, 6.07) is 13.7. The first-order chi connectivity index (χ1) is 17.7. The van der Waals surface area contributed by atoms with Crippen molar-refractivity contribution in [1.82, 2.24) is 15.5 Å². The molecule has 3 atom stereocenters. The van der Waals surface area contributed by atoms with Crippen LogP contribution in [0.15, 0.2) is 67.3 Å². The van der Waals surface area contributed by atoms with Crippen LogP contribution < -0.4 is 20.9 Å². The predicted molar refractivity (Wildman–Crippen MR) is 148 cm³/mol. The quantitative estimate of drug-likeness (QED) is 0.529. The lowest BCUT2D eigenvalue weighted by atomic mass is 9.81. The van der Waals surface area contributed by atoms with Crippen molar-refractivity contribution in [2.24, 2.45) is 5.92 Å². The lowest BCUT2D eigenvalue weighted by molar-refractivity contribution is -0.137. The highest BCUT2D eigenvalue weighted by Gasteiger charge is 2.42. The molecule has 1 saturated carbocycles. The SMILES string of the molecule is C=C1NC(C)(c2cccc(NC(=O)c3cccc(N4C=CNC4)c3)c2C)CC(=O)N1[C@@H]1CCCC(C)C1.